The van der Waals surface area contributed by atoms with Gasteiger partial charge in [0.2, 0.25) is 11.8 Å². The van der Waals surface area contributed by atoms with Crippen LogP contribution in [0.2, 0.25) is 0 Å². The standard InChI is InChI=1S/C24H21BrIN3O4/c1-32-21-12-17(11-19(26)24(21)33-15-16-7-3-2-4-8-16)14-27-29-23(31)13-22(30)28-20-10-6-5-9-18(20)25/h2-12,14H,13,15H2,1H3,(H,28,30)(H,29,31). The van der Waals surface area contributed by atoms with Gasteiger partial charge in [-0.15, -0.1) is 0 Å². The van der Waals surface area contributed by atoms with Crippen molar-refractivity contribution in [1.29, 1.82) is 0 Å². The first-order valence-corrected chi connectivity index (χ1v) is 11.7. The van der Waals surface area contributed by atoms with Crippen molar-refractivity contribution in [3.05, 3.63) is 85.9 Å². The summed E-state index contributed by atoms with van der Waals surface area (Å²) in [4.78, 5) is 24.1. The van der Waals surface area contributed by atoms with Crippen LogP contribution < -0.4 is 20.2 Å². The number of para-hydroxylation sites is 1. The molecule has 0 atom stereocenters. The van der Waals surface area contributed by atoms with Crippen LogP contribution >= 0.6 is 38.5 Å². The van der Waals surface area contributed by atoms with Crippen LogP contribution in [0.3, 0.4) is 0 Å². The van der Waals surface area contributed by atoms with E-state index in [0.717, 1.165) is 13.6 Å². The summed E-state index contributed by atoms with van der Waals surface area (Å²) in [7, 11) is 1.56. The first kappa shape index (κ1) is 24.7. The monoisotopic (exact) mass is 621 g/mol. The molecule has 7 nitrogen and oxygen atoms in total. The second-order valence-corrected chi connectivity index (χ2v) is 8.82. The average Bonchev–Trinajstić information content (AvgIpc) is 2.80. The van der Waals surface area contributed by atoms with E-state index in [4.69, 9.17) is 9.47 Å². The summed E-state index contributed by atoms with van der Waals surface area (Å²) in [5, 5.41) is 6.62. The Kier molecular flexibility index (Phi) is 9.25. The number of carbonyl (C=O) groups excluding carboxylic acids is 2. The first-order valence-electron chi connectivity index (χ1n) is 9.87. The normalized spacial score (nSPS) is 10.6. The number of hydrogen-bond acceptors (Lipinski definition) is 5. The predicted molar refractivity (Wildman–Crippen MR) is 140 cm³/mol. The van der Waals surface area contributed by atoms with Gasteiger partial charge in [0.25, 0.3) is 0 Å². The maximum Gasteiger partial charge on any atom is 0.249 e. The molecule has 3 aromatic carbocycles. The molecule has 0 heterocycles. The molecule has 33 heavy (non-hydrogen) atoms. The second-order valence-electron chi connectivity index (χ2n) is 6.81. The van der Waals surface area contributed by atoms with E-state index in [1.54, 1.807) is 31.4 Å². The lowest BCUT2D eigenvalue weighted by atomic mass is 10.2. The van der Waals surface area contributed by atoms with E-state index in [0.29, 0.717) is 29.4 Å². The topological polar surface area (TPSA) is 89.0 Å². The van der Waals surface area contributed by atoms with E-state index in [1.807, 2.05) is 42.5 Å². The third-order valence-corrected chi connectivity index (χ3v) is 5.84. The zero-order valence-corrected chi connectivity index (χ0v) is 21.4. The maximum atomic E-state index is 12.1. The van der Waals surface area contributed by atoms with Gasteiger partial charge < -0.3 is 14.8 Å². The predicted octanol–water partition coefficient (Wildman–Crippen LogP) is 5.12. The summed E-state index contributed by atoms with van der Waals surface area (Å²) in [6.07, 6.45) is 1.13. The number of hydrogen-bond donors (Lipinski definition) is 2. The van der Waals surface area contributed by atoms with Crippen LogP contribution in [0.15, 0.2) is 76.3 Å². The number of ether oxygens (including phenoxy) is 2. The van der Waals surface area contributed by atoms with Crippen LogP contribution in [-0.4, -0.2) is 25.1 Å². The Morgan fingerprint density at radius 2 is 1.79 bits per heavy atom. The van der Waals surface area contributed by atoms with Gasteiger partial charge in [-0.05, 0) is 73.9 Å². The molecule has 3 aromatic rings. The van der Waals surface area contributed by atoms with Crippen LogP contribution in [0.5, 0.6) is 11.5 Å². The minimum atomic E-state index is -0.528. The molecule has 0 bridgehead atoms. The third-order valence-electron chi connectivity index (χ3n) is 4.35. The molecule has 3 rings (SSSR count). The highest BCUT2D eigenvalue weighted by Gasteiger charge is 2.13. The summed E-state index contributed by atoms with van der Waals surface area (Å²) in [6, 6.07) is 20.6. The SMILES string of the molecule is COc1cc(C=NNC(=O)CC(=O)Nc2ccccc2Br)cc(I)c1OCc1ccccc1. The molecule has 0 radical (unpaired) electrons. The highest BCUT2D eigenvalue weighted by molar-refractivity contribution is 14.1. The van der Waals surface area contributed by atoms with Gasteiger partial charge >= 0.3 is 0 Å². The largest absolute Gasteiger partial charge is 0.493 e. The summed E-state index contributed by atoms with van der Waals surface area (Å²) in [6.45, 7) is 0.415. The van der Waals surface area contributed by atoms with Gasteiger partial charge in [0, 0.05) is 4.47 Å². The molecule has 0 saturated heterocycles. The molecule has 0 aliphatic rings. The zero-order chi connectivity index (χ0) is 23.6. The molecule has 2 N–H and O–H groups in total. The Morgan fingerprint density at radius 1 is 1.06 bits per heavy atom. The Bertz CT molecular complexity index is 1160. The van der Waals surface area contributed by atoms with Crippen LogP contribution in [0.1, 0.15) is 17.5 Å². The first-order chi connectivity index (χ1) is 16.0. The van der Waals surface area contributed by atoms with Gasteiger partial charge in [0.15, 0.2) is 11.5 Å². The molecule has 9 heteroatoms. The zero-order valence-electron chi connectivity index (χ0n) is 17.7. The fraction of sp³-hybridized carbons (Fsp3) is 0.125. The highest BCUT2D eigenvalue weighted by Crippen LogP contribution is 2.34. The van der Waals surface area contributed by atoms with Crippen LogP contribution in [0.4, 0.5) is 5.69 Å². The number of nitrogens with zero attached hydrogens (tertiary/aromatic N) is 1. The van der Waals surface area contributed by atoms with Crippen molar-refractivity contribution in [3.8, 4) is 11.5 Å². The second kappa shape index (κ2) is 12.4. The Hall–Kier alpha value is -2.92. The van der Waals surface area contributed by atoms with Gasteiger partial charge in [-0.1, -0.05) is 42.5 Å². The third kappa shape index (κ3) is 7.57. The summed E-state index contributed by atoms with van der Waals surface area (Å²) < 4.78 is 13.0. The summed E-state index contributed by atoms with van der Waals surface area (Å²) in [5.74, 6) is 0.219. The summed E-state index contributed by atoms with van der Waals surface area (Å²) in [5.41, 5.74) is 4.71. The number of nitrogens with one attached hydrogen (secondary N) is 2. The van der Waals surface area contributed by atoms with E-state index in [2.05, 4.69) is 54.4 Å². The van der Waals surface area contributed by atoms with E-state index in [-0.39, 0.29) is 6.42 Å². The van der Waals surface area contributed by atoms with Crippen molar-refractivity contribution in [1.82, 2.24) is 5.43 Å². The van der Waals surface area contributed by atoms with E-state index >= 15 is 0 Å². The number of amides is 2. The smallest absolute Gasteiger partial charge is 0.249 e. The number of hydrazone groups is 1. The molecule has 0 aromatic heterocycles. The number of methoxy groups -OCH3 is 1. The lowest BCUT2D eigenvalue weighted by Crippen LogP contribution is -2.24. The lowest BCUT2D eigenvalue weighted by molar-refractivity contribution is -0.126. The van der Waals surface area contributed by atoms with E-state index < -0.39 is 11.8 Å². The number of halogens is 2. The van der Waals surface area contributed by atoms with Crippen LogP contribution in [0, 0.1) is 3.57 Å². The van der Waals surface area contributed by atoms with Gasteiger partial charge in [0.05, 0.1) is 22.6 Å². The summed E-state index contributed by atoms with van der Waals surface area (Å²) >= 11 is 5.51. The number of benzene rings is 3. The van der Waals surface area contributed by atoms with Crippen molar-refractivity contribution in [2.45, 2.75) is 13.0 Å². The molecule has 170 valence electrons. The molecular weight excluding hydrogens is 601 g/mol. The van der Waals surface area contributed by atoms with E-state index in [9.17, 15) is 9.59 Å². The molecule has 0 saturated carbocycles. The Morgan fingerprint density at radius 3 is 2.52 bits per heavy atom. The Balaban J connectivity index is 1.56. The quantitative estimate of drug-likeness (QED) is 0.150. The Labute approximate surface area is 213 Å². The van der Waals surface area contributed by atoms with Crippen molar-refractivity contribution >= 4 is 62.2 Å². The van der Waals surface area contributed by atoms with Crippen molar-refractivity contribution < 1.29 is 19.1 Å². The van der Waals surface area contributed by atoms with Crippen LogP contribution in [0.25, 0.3) is 0 Å². The van der Waals surface area contributed by atoms with Gasteiger partial charge in [0.1, 0.15) is 13.0 Å². The number of carbonyl (C=O) groups is 2. The molecule has 0 aliphatic heterocycles. The van der Waals surface area contributed by atoms with Crippen molar-refractivity contribution in [2.75, 3.05) is 12.4 Å². The van der Waals surface area contributed by atoms with Gasteiger partial charge in [-0.2, -0.15) is 5.10 Å². The molecule has 0 unspecified atom stereocenters. The van der Waals surface area contributed by atoms with Crippen molar-refractivity contribution in [3.63, 3.8) is 0 Å². The molecule has 2 amide bonds. The minimum Gasteiger partial charge on any atom is -0.493 e. The van der Waals surface area contributed by atoms with Gasteiger partial charge in [-0.25, -0.2) is 5.43 Å². The molecule has 0 spiro atoms. The fourth-order valence-corrected chi connectivity index (χ4v) is 3.97. The van der Waals surface area contributed by atoms with Crippen LogP contribution in [-0.2, 0) is 16.2 Å². The maximum absolute atomic E-state index is 12.1. The molecular formula is C24H21BrIN3O4. The van der Waals surface area contributed by atoms with E-state index in [1.165, 1.54) is 6.21 Å². The number of anilines is 1. The number of rotatable bonds is 9. The minimum absolute atomic E-state index is 0.355. The average molecular weight is 622 g/mol. The lowest BCUT2D eigenvalue weighted by Gasteiger charge is -2.13. The van der Waals surface area contributed by atoms with Gasteiger partial charge in [-0.3, -0.25) is 9.59 Å². The fourth-order valence-electron chi connectivity index (χ4n) is 2.81. The van der Waals surface area contributed by atoms with Crippen molar-refractivity contribution in [2.24, 2.45) is 5.10 Å². The molecule has 0 aliphatic carbocycles. The highest BCUT2D eigenvalue weighted by atomic mass is 127. The molecule has 0 fully saturated rings.